The van der Waals surface area contributed by atoms with Crippen LogP contribution < -0.4 is 0 Å². The summed E-state index contributed by atoms with van der Waals surface area (Å²) in [7, 11) is 1.59. The van der Waals surface area contributed by atoms with E-state index in [1.54, 1.807) is 21.3 Å². The maximum Gasteiger partial charge on any atom is 0.374 e. The Morgan fingerprint density at radius 3 is 2.53 bits per heavy atom. The lowest BCUT2D eigenvalue weighted by Crippen LogP contribution is -2.48. The molecule has 4 heteroatoms. The fourth-order valence-electron chi connectivity index (χ4n) is 1.01. The van der Waals surface area contributed by atoms with Gasteiger partial charge in [0.15, 0.2) is 0 Å². The molecule has 0 bridgehead atoms. The van der Waals surface area contributed by atoms with Crippen LogP contribution in [0.1, 0.15) is 40.5 Å². The Hall–Kier alpha value is -0.475. The Kier molecular flexibility index (Phi) is 3.84. The Morgan fingerprint density at radius 1 is 1.40 bits per heavy atom. The highest BCUT2D eigenvalue weighted by Crippen LogP contribution is 2.25. The summed E-state index contributed by atoms with van der Waals surface area (Å²) in [6, 6.07) is 0. The average Bonchev–Trinajstić information content (AvgIpc) is 2.15. The molecule has 0 spiro atoms. The predicted octanol–water partition coefficient (Wildman–Crippen LogP) is 1.82. The van der Waals surface area contributed by atoms with Gasteiger partial charge < -0.3 is 14.5 Å². The number of aliphatic hydroxyl groups is 1. The molecule has 1 radical (unpaired) electrons. The van der Waals surface area contributed by atoms with Crippen molar-refractivity contribution in [3.05, 3.63) is 11.7 Å². The average molecular weight is 211 g/mol. The predicted molar refractivity (Wildman–Crippen MR) is 60.5 cm³/mol. The highest BCUT2D eigenvalue weighted by molar-refractivity contribution is 6.37. The van der Waals surface area contributed by atoms with Crippen molar-refractivity contribution in [1.29, 1.82) is 0 Å². The third-order valence-corrected chi connectivity index (χ3v) is 2.91. The molecule has 0 aromatic carbocycles. The molecule has 0 fully saturated rings. The molecule has 0 saturated heterocycles. The molecule has 0 aromatic rings. The molecule has 85 valence electrons. The highest BCUT2D eigenvalue weighted by atomic mass is 16.5. The largest absolute Gasteiger partial charge is 0.506 e. The zero-order chi connectivity index (χ0) is 11.5. The topological polar surface area (TPSA) is 38.7 Å². The van der Waals surface area contributed by atoms with Crippen molar-refractivity contribution in [2.75, 3.05) is 6.61 Å². The third-order valence-electron chi connectivity index (χ3n) is 2.91. The van der Waals surface area contributed by atoms with E-state index in [1.165, 1.54) is 0 Å². The van der Waals surface area contributed by atoms with E-state index in [0.29, 0.717) is 0 Å². The molecular formula is C11H20BO3. The van der Waals surface area contributed by atoms with Crippen molar-refractivity contribution in [3.63, 3.8) is 0 Å². The summed E-state index contributed by atoms with van der Waals surface area (Å²) < 4.78 is 11.0. The van der Waals surface area contributed by atoms with Gasteiger partial charge in [0.25, 0.3) is 0 Å². The van der Waals surface area contributed by atoms with Crippen molar-refractivity contribution in [3.8, 4) is 0 Å². The summed E-state index contributed by atoms with van der Waals surface area (Å²) in [6.45, 7) is 7.92. The van der Waals surface area contributed by atoms with Gasteiger partial charge in [-0.1, -0.05) is 6.08 Å². The zero-order valence-corrected chi connectivity index (χ0v) is 10.0. The van der Waals surface area contributed by atoms with Crippen LogP contribution in [0.2, 0.25) is 0 Å². The second-order valence-electron chi connectivity index (χ2n) is 4.90. The molecule has 3 nitrogen and oxygen atoms in total. The standard InChI is InChI=1S/C11H20BO3/c1-10(2,13)11(3,4)15-12-9-7-5-6-8-14-9/h7,13H,5-6,8H2,1-4H3. The van der Waals surface area contributed by atoms with Gasteiger partial charge in [-0.25, -0.2) is 0 Å². The van der Waals surface area contributed by atoms with Gasteiger partial charge in [0.05, 0.1) is 23.5 Å². The summed E-state index contributed by atoms with van der Waals surface area (Å²) in [5, 5.41) is 9.87. The Balaban J connectivity index is 2.45. The lowest BCUT2D eigenvalue weighted by atomic mass is 9.85. The van der Waals surface area contributed by atoms with Crippen molar-refractivity contribution in [2.24, 2.45) is 0 Å². The molecule has 0 unspecified atom stereocenters. The summed E-state index contributed by atoms with van der Waals surface area (Å²) >= 11 is 0. The monoisotopic (exact) mass is 211 g/mol. The van der Waals surface area contributed by atoms with Crippen LogP contribution in [0.15, 0.2) is 11.7 Å². The Labute approximate surface area is 92.7 Å². The molecule has 15 heavy (non-hydrogen) atoms. The van der Waals surface area contributed by atoms with Crippen molar-refractivity contribution < 1.29 is 14.5 Å². The van der Waals surface area contributed by atoms with Gasteiger partial charge in [-0.05, 0) is 40.5 Å². The van der Waals surface area contributed by atoms with Crippen molar-refractivity contribution >= 4 is 7.48 Å². The first-order valence-corrected chi connectivity index (χ1v) is 5.39. The molecule has 1 rings (SSSR count). The smallest absolute Gasteiger partial charge is 0.374 e. The Bertz CT molecular complexity index is 241. The van der Waals surface area contributed by atoms with Crippen molar-refractivity contribution in [1.82, 2.24) is 0 Å². The summed E-state index contributed by atoms with van der Waals surface area (Å²) in [5.74, 6) is 0. The number of allylic oxidation sites excluding steroid dienone is 1. The van der Waals surface area contributed by atoms with E-state index in [-0.39, 0.29) is 0 Å². The third kappa shape index (κ3) is 3.54. The second-order valence-corrected chi connectivity index (χ2v) is 4.90. The van der Waals surface area contributed by atoms with Crippen LogP contribution in [-0.2, 0) is 9.39 Å². The normalized spacial score (nSPS) is 18.1. The number of ether oxygens (including phenoxy) is 1. The second kappa shape index (κ2) is 4.58. The molecule has 0 aromatic heterocycles. The fourth-order valence-corrected chi connectivity index (χ4v) is 1.01. The van der Waals surface area contributed by atoms with Gasteiger partial charge in [0, 0.05) is 0 Å². The van der Waals surface area contributed by atoms with Gasteiger partial charge >= 0.3 is 7.48 Å². The first-order valence-electron chi connectivity index (χ1n) is 5.39. The van der Waals surface area contributed by atoms with E-state index in [9.17, 15) is 5.11 Å². The molecule has 0 aliphatic carbocycles. The first-order chi connectivity index (χ1) is 6.83. The SMILES string of the molecule is CC(C)(O)C(C)(C)O[B]C1=CCCCO1. The van der Waals surface area contributed by atoms with E-state index in [2.05, 4.69) is 0 Å². The van der Waals surface area contributed by atoms with Crippen LogP contribution in [0.4, 0.5) is 0 Å². The fraction of sp³-hybridized carbons (Fsp3) is 0.818. The van der Waals surface area contributed by atoms with Crippen LogP contribution in [0.3, 0.4) is 0 Å². The summed E-state index contributed by atoms with van der Waals surface area (Å²) in [6.07, 6.45) is 4.09. The van der Waals surface area contributed by atoms with Gasteiger partial charge in [-0.2, -0.15) is 0 Å². The zero-order valence-electron chi connectivity index (χ0n) is 10.0. The van der Waals surface area contributed by atoms with E-state index < -0.39 is 11.2 Å². The quantitative estimate of drug-likeness (QED) is 0.721. The molecule has 1 aliphatic heterocycles. The maximum atomic E-state index is 9.87. The van der Waals surface area contributed by atoms with E-state index in [0.717, 1.165) is 25.1 Å². The highest BCUT2D eigenvalue weighted by Gasteiger charge is 2.36. The van der Waals surface area contributed by atoms with Crippen molar-refractivity contribution in [2.45, 2.75) is 51.7 Å². The van der Waals surface area contributed by atoms with Gasteiger partial charge in [-0.15, -0.1) is 0 Å². The van der Waals surface area contributed by atoms with E-state index in [1.807, 2.05) is 19.9 Å². The molecule has 0 atom stereocenters. The lowest BCUT2D eigenvalue weighted by molar-refractivity contribution is -0.0907. The van der Waals surface area contributed by atoms with Gasteiger partial charge in [-0.3, -0.25) is 0 Å². The maximum absolute atomic E-state index is 9.87. The van der Waals surface area contributed by atoms with Crippen LogP contribution >= 0.6 is 0 Å². The number of hydrogen-bond donors (Lipinski definition) is 1. The van der Waals surface area contributed by atoms with Crippen LogP contribution in [0.5, 0.6) is 0 Å². The van der Waals surface area contributed by atoms with Crippen LogP contribution in [0.25, 0.3) is 0 Å². The van der Waals surface area contributed by atoms with Gasteiger partial charge in [0.1, 0.15) is 0 Å². The van der Waals surface area contributed by atoms with E-state index in [4.69, 9.17) is 9.39 Å². The molecule has 1 heterocycles. The first kappa shape index (κ1) is 12.6. The summed E-state index contributed by atoms with van der Waals surface area (Å²) in [5.41, 5.74) is -0.758. The summed E-state index contributed by atoms with van der Waals surface area (Å²) in [4.78, 5) is 0. The molecule has 1 aliphatic rings. The molecule has 0 amide bonds. The minimum absolute atomic E-state index is 0.630. The van der Waals surface area contributed by atoms with Gasteiger partial charge in [0.2, 0.25) is 0 Å². The minimum Gasteiger partial charge on any atom is -0.506 e. The lowest BCUT2D eigenvalue weighted by Gasteiger charge is -2.37. The van der Waals surface area contributed by atoms with Crippen LogP contribution in [-0.4, -0.2) is 30.4 Å². The van der Waals surface area contributed by atoms with Crippen LogP contribution in [0, 0.1) is 0 Å². The molecular weight excluding hydrogens is 191 g/mol. The molecule has 1 N–H and O–H groups in total. The van der Waals surface area contributed by atoms with E-state index >= 15 is 0 Å². The molecule has 0 saturated carbocycles. The number of rotatable bonds is 4. The number of hydrogen-bond acceptors (Lipinski definition) is 3. The minimum atomic E-state index is -0.890. The Morgan fingerprint density at radius 2 is 2.07 bits per heavy atom.